The van der Waals surface area contributed by atoms with Gasteiger partial charge in [-0.25, -0.2) is 0 Å². The highest BCUT2D eigenvalue weighted by atomic mass is 127. The third kappa shape index (κ3) is 11.9. The number of carbonyl (C=O) groups excluding carboxylic acids is 1. The van der Waals surface area contributed by atoms with Gasteiger partial charge < -0.3 is 21.1 Å². The highest BCUT2D eigenvalue weighted by Crippen LogP contribution is 2.12. The molecule has 0 aliphatic rings. The Morgan fingerprint density at radius 1 is 1.09 bits per heavy atom. The number of halogens is 1. The minimum absolute atomic E-state index is 0. The van der Waals surface area contributed by atoms with Gasteiger partial charge in [0.1, 0.15) is 5.75 Å². The molecule has 182 valence electrons. The first-order chi connectivity index (χ1) is 15.5. The van der Waals surface area contributed by atoms with Crippen LogP contribution in [-0.2, 0) is 17.8 Å². The SMILES string of the molecule is CCNC(=NCCC(C)N(C)Cc1ccccc1)NCCc1ccc(OCC(N)=O)cc1.I. The van der Waals surface area contributed by atoms with Crippen LogP contribution >= 0.6 is 24.0 Å². The lowest BCUT2D eigenvalue weighted by molar-refractivity contribution is -0.119. The summed E-state index contributed by atoms with van der Waals surface area (Å²) in [5, 5.41) is 6.71. The minimum atomic E-state index is -0.481. The maximum atomic E-state index is 10.8. The first-order valence-electron chi connectivity index (χ1n) is 11.2. The summed E-state index contributed by atoms with van der Waals surface area (Å²) in [5.41, 5.74) is 7.60. The Labute approximate surface area is 215 Å². The molecule has 33 heavy (non-hydrogen) atoms. The third-order valence-electron chi connectivity index (χ3n) is 5.20. The Bertz CT molecular complexity index is 830. The number of guanidine groups is 1. The molecule has 0 fully saturated rings. The van der Waals surface area contributed by atoms with Crippen molar-refractivity contribution >= 4 is 35.8 Å². The molecule has 0 radical (unpaired) electrons. The van der Waals surface area contributed by atoms with Crippen LogP contribution < -0.4 is 21.1 Å². The molecule has 0 saturated heterocycles. The molecule has 7 nitrogen and oxygen atoms in total. The van der Waals surface area contributed by atoms with E-state index in [1.807, 2.05) is 30.3 Å². The number of aliphatic imine (C=N–C) groups is 1. The number of primary amides is 1. The van der Waals surface area contributed by atoms with Crippen molar-refractivity contribution in [1.82, 2.24) is 15.5 Å². The lowest BCUT2D eigenvalue weighted by Gasteiger charge is -2.24. The van der Waals surface area contributed by atoms with E-state index in [2.05, 4.69) is 60.7 Å². The van der Waals surface area contributed by atoms with E-state index >= 15 is 0 Å². The molecular formula is C25H38IN5O2. The normalized spacial score (nSPS) is 12.1. The Kier molecular flexibility index (Phi) is 14.2. The second-order valence-electron chi connectivity index (χ2n) is 7.87. The van der Waals surface area contributed by atoms with E-state index in [1.165, 1.54) is 11.1 Å². The largest absolute Gasteiger partial charge is 0.484 e. The van der Waals surface area contributed by atoms with Crippen molar-refractivity contribution in [2.24, 2.45) is 10.7 Å². The number of nitrogens with one attached hydrogen (secondary N) is 2. The monoisotopic (exact) mass is 567 g/mol. The number of nitrogens with zero attached hydrogens (tertiary/aromatic N) is 2. The van der Waals surface area contributed by atoms with E-state index in [-0.39, 0.29) is 30.6 Å². The molecule has 2 aromatic carbocycles. The van der Waals surface area contributed by atoms with Crippen molar-refractivity contribution in [3.05, 3.63) is 65.7 Å². The molecule has 2 aromatic rings. The Morgan fingerprint density at radius 3 is 2.42 bits per heavy atom. The third-order valence-corrected chi connectivity index (χ3v) is 5.20. The van der Waals surface area contributed by atoms with Gasteiger partial charge in [-0.3, -0.25) is 14.7 Å². The second-order valence-corrected chi connectivity index (χ2v) is 7.87. The molecule has 0 saturated carbocycles. The summed E-state index contributed by atoms with van der Waals surface area (Å²) in [7, 11) is 2.16. The molecule has 0 aliphatic carbocycles. The lowest BCUT2D eigenvalue weighted by atomic mass is 10.1. The number of nitrogens with two attached hydrogens (primary N) is 1. The van der Waals surface area contributed by atoms with E-state index in [0.717, 1.165) is 45.0 Å². The predicted molar refractivity (Wildman–Crippen MR) is 146 cm³/mol. The fourth-order valence-corrected chi connectivity index (χ4v) is 3.18. The number of benzene rings is 2. The molecule has 0 aliphatic heterocycles. The van der Waals surface area contributed by atoms with Gasteiger partial charge in [0, 0.05) is 32.2 Å². The van der Waals surface area contributed by atoms with Gasteiger partial charge >= 0.3 is 0 Å². The smallest absolute Gasteiger partial charge is 0.255 e. The van der Waals surface area contributed by atoms with Gasteiger partial charge in [-0.1, -0.05) is 42.5 Å². The van der Waals surface area contributed by atoms with Gasteiger partial charge in [0.25, 0.3) is 5.91 Å². The second kappa shape index (κ2) is 16.3. The maximum absolute atomic E-state index is 10.8. The molecule has 1 unspecified atom stereocenters. The summed E-state index contributed by atoms with van der Waals surface area (Å²) in [6, 6.07) is 18.7. The molecule has 0 aromatic heterocycles. The van der Waals surface area contributed by atoms with Crippen LogP contribution in [0.4, 0.5) is 0 Å². The van der Waals surface area contributed by atoms with Crippen LogP contribution in [0.15, 0.2) is 59.6 Å². The summed E-state index contributed by atoms with van der Waals surface area (Å²) in [4.78, 5) is 17.9. The summed E-state index contributed by atoms with van der Waals surface area (Å²) in [6.45, 7) is 7.51. The molecule has 0 bridgehead atoms. The zero-order chi connectivity index (χ0) is 23.2. The van der Waals surface area contributed by atoms with Crippen molar-refractivity contribution < 1.29 is 9.53 Å². The first kappa shape index (κ1) is 28.7. The number of amides is 1. The topological polar surface area (TPSA) is 92.0 Å². The zero-order valence-electron chi connectivity index (χ0n) is 19.9. The van der Waals surface area contributed by atoms with Crippen molar-refractivity contribution in [3.63, 3.8) is 0 Å². The average molecular weight is 568 g/mol. The van der Waals surface area contributed by atoms with Gasteiger partial charge in [0.15, 0.2) is 12.6 Å². The van der Waals surface area contributed by atoms with Gasteiger partial charge in [0.05, 0.1) is 0 Å². The van der Waals surface area contributed by atoms with Crippen LogP contribution in [0.5, 0.6) is 5.75 Å². The molecule has 4 N–H and O–H groups in total. The molecule has 0 spiro atoms. The first-order valence-corrected chi connectivity index (χ1v) is 11.2. The fourth-order valence-electron chi connectivity index (χ4n) is 3.18. The Hall–Kier alpha value is -2.33. The van der Waals surface area contributed by atoms with Gasteiger partial charge in [0.2, 0.25) is 0 Å². The van der Waals surface area contributed by atoms with E-state index < -0.39 is 5.91 Å². The van der Waals surface area contributed by atoms with Gasteiger partial charge in [-0.2, -0.15) is 0 Å². The van der Waals surface area contributed by atoms with Crippen LogP contribution in [0.2, 0.25) is 0 Å². The number of ether oxygens (including phenoxy) is 1. The van der Waals surface area contributed by atoms with Crippen molar-refractivity contribution in [1.29, 1.82) is 0 Å². The van der Waals surface area contributed by atoms with Crippen LogP contribution in [-0.4, -0.2) is 56.1 Å². The van der Waals surface area contributed by atoms with E-state index in [0.29, 0.717) is 11.8 Å². The Morgan fingerprint density at radius 2 is 1.79 bits per heavy atom. The molecule has 2 rings (SSSR count). The Balaban J connectivity index is 0.00000544. The van der Waals surface area contributed by atoms with Crippen molar-refractivity contribution in [3.8, 4) is 5.75 Å². The van der Waals surface area contributed by atoms with Crippen LogP contribution in [0.25, 0.3) is 0 Å². The van der Waals surface area contributed by atoms with Gasteiger partial charge in [-0.05, 0) is 57.0 Å². The minimum Gasteiger partial charge on any atom is -0.484 e. The van der Waals surface area contributed by atoms with Crippen LogP contribution in [0.3, 0.4) is 0 Å². The zero-order valence-corrected chi connectivity index (χ0v) is 22.3. The van der Waals surface area contributed by atoms with Crippen LogP contribution in [0.1, 0.15) is 31.4 Å². The lowest BCUT2D eigenvalue weighted by Crippen LogP contribution is -2.38. The number of hydrogen-bond donors (Lipinski definition) is 3. The van der Waals surface area contributed by atoms with E-state index in [1.54, 1.807) is 0 Å². The highest BCUT2D eigenvalue weighted by molar-refractivity contribution is 14.0. The molecule has 0 heterocycles. The summed E-state index contributed by atoms with van der Waals surface area (Å²) < 4.78 is 5.29. The fraction of sp³-hybridized carbons (Fsp3) is 0.440. The molecule has 1 atom stereocenters. The molecule has 1 amide bonds. The number of rotatable bonds is 13. The quantitative estimate of drug-likeness (QED) is 0.197. The summed E-state index contributed by atoms with van der Waals surface area (Å²) in [5.74, 6) is 0.999. The van der Waals surface area contributed by atoms with Crippen molar-refractivity contribution in [2.75, 3.05) is 33.3 Å². The maximum Gasteiger partial charge on any atom is 0.255 e. The number of hydrogen-bond acceptors (Lipinski definition) is 4. The average Bonchev–Trinajstić information content (AvgIpc) is 2.79. The molecular weight excluding hydrogens is 529 g/mol. The van der Waals surface area contributed by atoms with Gasteiger partial charge in [-0.15, -0.1) is 24.0 Å². The number of carbonyl (C=O) groups is 1. The van der Waals surface area contributed by atoms with E-state index in [9.17, 15) is 4.79 Å². The standard InChI is InChI=1S/C25H37N5O2.HI/c1-4-27-25(28-16-14-20(2)30(3)18-22-8-6-5-7-9-22)29-17-15-21-10-12-23(13-11-21)32-19-24(26)31;/h5-13,20H,4,14-19H2,1-3H3,(H2,26,31)(H2,27,28,29);1H. The predicted octanol–water partition coefficient (Wildman–Crippen LogP) is 3.18. The van der Waals surface area contributed by atoms with Crippen LogP contribution in [0, 0.1) is 0 Å². The molecule has 8 heteroatoms. The van der Waals surface area contributed by atoms with E-state index in [4.69, 9.17) is 15.5 Å². The summed E-state index contributed by atoms with van der Waals surface area (Å²) >= 11 is 0. The van der Waals surface area contributed by atoms with Crippen molar-refractivity contribution in [2.45, 2.75) is 39.3 Å². The highest BCUT2D eigenvalue weighted by Gasteiger charge is 2.09. The summed E-state index contributed by atoms with van der Waals surface area (Å²) in [6.07, 6.45) is 1.85.